The first-order valence-corrected chi connectivity index (χ1v) is 7.13. The van der Waals surface area contributed by atoms with Crippen LogP contribution in [0.25, 0.3) is 0 Å². The van der Waals surface area contributed by atoms with E-state index in [1.54, 1.807) is 18.4 Å². The van der Waals surface area contributed by atoms with E-state index in [0.29, 0.717) is 10.0 Å². The topological polar surface area (TPSA) is 35.2 Å². The van der Waals surface area contributed by atoms with Crippen LogP contribution in [0.2, 0.25) is 0 Å². The maximum atomic E-state index is 5.46. The zero-order valence-corrected chi connectivity index (χ0v) is 12.6. The van der Waals surface area contributed by atoms with E-state index in [-0.39, 0.29) is 0 Å². The Kier molecular flexibility index (Phi) is 6.02. The minimum atomic E-state index is 0.576. The van der Waals surface area contributed by atoms with Crippen molar-refractivity contribution >= 4 is 45.8 Å². The fraction of sp³-hybridized carbons (Fsp3) is 0.500. The number of rotatable bonds is 6. The van der Waals surface area contributed by atoms with Crippen LogP contribution in [-0.4, -0.2) is 17.1 Å². The molecule has 1 rings (SSSR count). The lowest BCUT2D eigenvalue weighted by molar-refractivity contribution is 0.417. The van der Waals surface area contributed by atoms with E-state index in [2.05, 4.69) is 13.0 Å². The number of ether oxygens (including phenoxy) is 1. The molecule has 1 aromatic rings. The van der Waals surface area contributed by atoms with Gasteiger partial charge >= 0.3 is 0 Å². The number of methoxy groups -OCH3 is 1. The zero-order valence-electron chi connectivity index (χ0n) is 10.1. The van der Waals surface area contributed by atoms with E-state index in [9.17, 15) is 0 Å². The summed E-state index contributed by atoms with van der Waals surface area (Å²) in [5, 5.41) is 0.576. The minimum absolute atomic E-state index is 0.576. The molecule has 17 heavy (non-hydrogen) atoms. The van der Waals surface area contributed by atoms with Crippen molar-refractivity contribution < 1.29 is 4.74 Å². The van der Waals surface area contributed by atoms with Crippen molar-refractivity contribution in [3.05, 3.63) is 21.4 Å². The SMILES string of the molecule is COC(=S)c1cc(CCCCC(N)=S)c(C)s1. The Morgan fingerprint density at radius 1 is 1.41 bits per heavy atom. The first-order chi connectivity index (χ1) is 8.04. The molecule has 0 aromatic carbocycles. The van der Waals surface area contributed by atoms with Crippen molar-refractivity contribution in [2.45, 2.75) is 32.6 Å². The van der Waals surface area contributed by atoms with Crippen molar-refractivity contribution in [3.8, 4) is 0 Å². The Morgan fingerprint density at radius 3 is 2.71 bits per heavy atom. The van der Waals surface area contributed by atoms with Gasteiger partial charge in [-0.2, -0.15) is 0 Å². The van der Waals surface area contributed by atoms with E-state index in [1.807, 2.05) is 0 Å². The van der Waals surface area contributed by atoms with Crippen LogP contribution in [0, 0.1) is 6.92 Å². The van der Waals surface area contributed by atoms with Gasteiger partial charge in [-0.25, -0.2) is 0 Å². The number of hydrogen-bond donors (Lipinski definition) is 1. The lowest BCUT2D eigenvalue weighted by Gasteiger charge is -2.00. The van der Waals surface area contributed by atoms with Crippen LogP contribution < -0.4 is 5.73 Å². The molecule has 0 atom stereocenters. The molecule has 5 heteroatoms. The smallest absolute Gasteiger partial charge is 0.201 e. The van der Waals surface area contributed by atoms with E-state index in [0.717, 1.165) is 30.6 Å². The molecule has 2 nitrogen and oxygen atoms in total. The number of hydrogen-bond acceptors (Lipinski definition) is 4. The molecule has 0 aliphatic carbocycles. The Hall–Kier alpha value is -0.520. The normalized spacial score (nSPS) is 10.2. The summed E-state index contributed by atoms with van der Waals surface area (Å²) in [5.41, 5.74) is 6.82. The lowest BCUT2D eigenvalue weighted by atomic mass is 10.1. The van der Waals surface area contributed by atoms with E-state index in [4.69, 9.17) is 34.9 Å². The third kappa shape index (κ3) is 4.69. The van der Waals surface area contributed by atoms with Gasteiger partial charge in [-0.3, -0.25) is 0 Å². The summed E-state index contributed by atoms with van der Waals surface area (Å²) in [6.07, 6.45) is 4.04. The standard InChI is InChI=1S/C12H17NOS3/c1-8-9(5-3-4-6-11(13)15)7-10(17-8)12(16)14-2/h7H,3-6H2,1-2H3,(H2,13,15). The maximum absolute atomic E-state index is 5.46. The van der Waals surface area contributed by atoms with Gasteiger partial charge in [0.25, 0.3) is 0 Å². The quantitative estimate of drug-likeness (QED) is 0.642. The van der Waals surface area contributed by atoms with Gasteiger partial charge in [0.05, 0.1) is 17.0 Å². The van der Waals surface area contributed by atoms with Gasteiger partial charge in [-0.15, -0.1) is 11.3 Å². The highest BCUT2D eigenvalue weighted by molar-refractivity contribution is 7.80. The third-order valence-electron chi connectivity index (χ3n) is 2.53. The fourth-order valence-electron chi connectivity index (χ4n) is 1.58. The van der Waals surface area contributed by atoms with Crippen LogP contribution in [0.5, 0.6) is 0 Å². The highest BCUT2D eigenvalue weighted by Crippen LogP contribution is 2.24. The molecule has 0 aliphatic heterocycles. The monoisotopic (exact) mass is 287 g/mol. The molecule has 0 spiro atoms. The number of thiophene rings is 1. The molecular weight excluding hydrogens is 270 g/mol. The van der Waals surface area contributed by atoms with Gasteiger partial charge in [-0.1, -0.05) is 12.2 Å². The Morgan fingerprint density at radius 2 is 2.12 bits per heavy atom. The first-order valence-electron chi connectivity index (χ1n) is 5.50. The summed E-state index contributed by atoms with van der Waals surface area (Å²) >= 11 is 11.7. The summed E-state index contributed by atoms with van der Waals surface area (Å²) in [4.78, 5) is 2.97. The maximum Gasteiger partial charge on any atom is 0.201 e. The van der Waals surface area contributed by atoms with E-state index >= 15 is 0 Å². The predicted octanol–water partition coefficient (Wildman–Crippen LogP) is 3.38. The Bertz CT molecular complexity index is 412. The van der Waals surface area contributed by atoms with Crippen LogP contribution in [0.4, 0.5) is 0 Å². The molecule has 0 radical (unpaired) electrons. The average molecular weight is 287 g/mol. The van der Waals surface area contributed by atoms with Crippen LogP contribution in [-0.2, 0) is 11.2 Å². The van der Waals surface area contributed by atoms with Crippen molar-refractivity contribution in [2.24, 2.45) is 5.73 Å². The van der Waals surface area contributed by atoms with Crippen LogP contribution in [0.3, 0.4) is 0 Å². The van der Waals surface area contributed by atoms with Gasteiger partial charge in [0.15, 0.2) is 0 Å². The van der Waals surface area contributed by atoms with Crippen LogP contribution in [0.1, 0.15) is 34.6 Å². The average Bonchev–Trinajstić information content (AvgIpc) is 2.65. The van der Waals surface area contributed by atoms with Gasteiger partial charge < -0.3 is 10.5 Å². The lowest BCUT2D eigenvalue weighted by Crippen LogP contribution is -2.06. The van der Waals surface area contributed by atoms with Crippen molar-refractivity contribution in [1.29, 1.82) is 0 Å². The first kappa shape index (κ1) is 14.5. The van der Waals surface area contributed by atoms with Gasteiger partial charge in [0.1, 0.15) is 0 Å². The molecule has 0 unspecified atom stereocenters. The van der Waals surface area contributed by atoms with Gasteiger partial charge in [0, 0.05) is 4.88 Å². The molecule has 0 saturated heterocycles. The predicted molar refractivity (Wildman–Crippen MR) is 82.1 cm³/mol. The summed E-state index contributed by atoms with van der Waals surface area (Å²) in [6, 6.07) is 2.13. The number of thiocarbonyl (C=S) groups is 2. The van der Waals surface area contributed by atoms with E-state index < -0.39 is 0 Å². The minimum Gasteiger partial charge on any atom is -0.486 e. The molecule has 0 aliphatic rings. The number of unbranched alkanes of at least 4 members (excludes halogenated alkanes) is 1. The number of aryl methyl sites for hydroxylation is 2. The van der Waals surface area contributed by atoms with Crippen LogP contribution in [0.15, 0.2) is 6.07 Å². The second kappa shape index (κ2) is 7.03. The molecule has 2 N–H and O–H groups in total. The second-order valence-electron chi connectivity index (χ2n) is 3.86. The van der Waals surface area contributed by atoms with E-state index in [1.165, 1.54) is 10.4 Å². The molecule has 1 heterocycles. The highest BCUT2D eigenvalue weighted by Gasteiger charge is 2.09. The summed E-state index contributed by atoms with van der Waals surface area (Å²) in [7, 11) is 1.61. The van der Waals surface area contributed by atoms with Gasteiger partial charge in [-0.05, 0) is 56.5 Å². The van der Waals surface area contributed by atoms with Crippen molar-refractivity contribution in [1.82, 2.24) is 0 Å². The Balaban J connectivity index is 2.51. The second-order valence-corrected chi connectivity index (χ2v) is 6.01. The molecule has 0 fully saturated rings. The molecule has 1 aromatic heterocycles. The number of nitrogens with two attached hydrogens (primary N) is 1. The largest absolute Gasteiger partial charge is 0.486 e. The fourth-order valence-corrected chi connectivity index (χ4v) is 2.90. The van der Waals surface area contributed by atoms with Crippen molar-refractivity contribution in [3.63, 3.8) is 0 Å². The zero-order chi connectivity index (χ0) is 12.8. The summed E-state index contributed by atoms with van der Waals surface area (Å²) in [6.45, 7) is 2.12. The molecular formula is C12H17NOS3. The summed E-state index contributed by atoms with van der Waals surface area (Å²) in [5.74, 6) is 0. The molecule has 0 saturated carbocycles. The molecule has 94 valence electrons. The molecule has 0 bridgehead atoms. The van der Waals surface area contributed by atoms with Gasteiger partial charge in [0.2, 0.25) is 5.05 Å². The Labute approximate surface area is 117 Å². The highest BCUT2D eigenvalue weighted by atomic mass is 32.1. The summed E-state index contributed by atoms with van der Waals surface area (Å²) < 4.78 is 5.07. The van der Waals surface area contributed by atoms with Crippen molar-refractivity contribution in [2.75, 3.05) is 7.11 Å². The molecule has 0 amide bonds. The van der Waals surface area contributed by atoms with Crippen LogP contribution >= 0.6 is 35.8 Å². The third-order valence-corrected chi connectivity index (χ3v) is 4.34.